The molecule has 0 radical (unpaired) electrons. The van der Waals surface area contributed by atoms with Crippen molar-refractivity contribution in [2.45, 2.75) is 13.0 Å². The highest BCUT2D eigenvalue weighted by Crippen LogP contribution is 2.31. The minimum Gasteiger partial charge on any atom is -0.497 e. The number of aromatic amines is 1. The number of H-pyrrole nitrogens is 1. The molecule has 0 amide bonds. The normalized spacial score (nSPS) is 14.9. The first kappa shape index (κ1) is 17.7. The minimum absolute atomic E-state index is 0.571. The fourth-order valence-electron chi connectivity index (χ4n) is 3.80. The number of nitrogens with zero attached hydrogens (tertiary/aromatic N) is 3. The summed E-state index contributed by atoms with van der Waals surface area (Å²) in [5, 5.41) is 9.60. The van der Waals surface area contributed by atoms with Crippen LogP contribution < -0.4 is 4.74 Å². The van der Waals surface area contributed by atoms with Crippen LogP contribution in [0.2, 0.25) is 0 Å². The van der Waals surface area contributed by atoms with E-state index >= 15 is 0 Å². The van der Waals surface area contributed by atoms with Crippen LogP contribution in [0.4, 0.5) is 0 Å². The first-order chi connectivity index (χ1) is 14.3. The quantitative estimate of drug-likeness (QED) is 0.546. The predicted molar refractivity (Wildman–Crippen MR) is 112 cm³/mol. The lowest BCUT2D eigenvalue weighted by Crippen LogP contribution is -2.28. The molecule has 0 saturated carbocycles. The van der Waals surface area contributed by atoms with Crippen LogP contribution in [0.1, 0.15) is 17.9 Å². The zero-order valence-corrected chi connectivity index (χ0v) is 16.3. The van der Waals surface area contributed by atoms with E-state index in [1.54, 1.807) is 7.11 Å². The molecule has 146 valence electrons. The SMILES string of the molecule is COc1ccc2[nH]cc(C3=CCN(Cc4nnc(-c5ccccc5)o4)CC3)c2c1. The third-order valence-electron chi connectivity index (χ3n) is 5.37. The van der Waals surface area contributed by atoms with E-state index < -0.39 is 0 Å². The van der Waals surface area contributed by atoms with Gasteiger partial charge >= 0.3 is 0 Å². The van der Waals surface area contributed by atoms with Crippen LogP contribution in [-0.2, 0) is 6.54 Å². The highest BCUT2D eigenvalue weighted by molar-refractivity contribution is 5.93. The molecule has 0 atom stereocenters. The van der Waals surface area contributed by atoms with Crippen molar-refractivity contribution < 1.29 is 9.15 Å². The van der Waals surface area contributed by atoms with Crippen molar-refractivity contribution in [1.82, 2.24) is 20.1 Å². The Hall–Kier alpha value is -3.38. The maximum Gasteiger partial charge on any atom is 0.247 e. The van der Waals surface area contributed by atoms with Gasteiger partial charge in [0.1, 0.15) is 5.75 Å². The molecule has 1 N–H and O–H groups in total. The maximum atomic E-state index is 5.85. The van der Waals surface area contributed by atoms with Crippen molar-refractivity contribution in [3.05, 3.63) is 72.3 Å². The smallest absolute Gasteiger partial charge is 0.247 e. The Kier molecular flexibility index (Phi) is 4.62. The standard InChI is InChI=1S/C23H22N4O2/c1-28-18-7-8-21-19(13-18)20(14-24-21)16-9-11-27(12-10-16)15-22-25-26-23(29-22)17-5-3-2-4-6-17/h2-9,13-14,24H,10-12,15H2,1H3. The molecular formula is C23H22N4O2. The van der Waals surface area contributed by atoms with E-state index in [4.69, 9.17) is 9.15 Å². The van der Waals surface area contributed by atoms with Crippen LogP contribution in [0.25, 0.3) is 27.9 Å². The van der Waals surface area contributed by atoms with Gasteiger partial charge in [-0.1, -0.05) is 24.3 Å². The summed E-state index contributed by atoms with van der Waals surface area (Å²) in [6, 6.07) is 16.0. The number of nitrogens with one attached hydrogen (secondary N) is 1. The minimum atomic E-state index is 0.571. The molecule has 2 aromatic carbocycles. The van der Waals surface area contributed by atoms with Crippen LogP contribution in [0.15, 0.2) is 65.2 Å². The monoisotopic (exact) mass is 386 g/mol. The van der Waals surface area contributed by atoms with Crippen molar-refractivity contribution in [2.75, 3.05) is 20.2 Å². The molecule has 4 aromatic rings. The molecule has 6 nitrogen and oxygen atoms in total. The average Bonchev–Trinajstić information content (AvgIpc) is 3.42. The first-order valence-electron chi connectivity index (χ1n) is 9.75. The van der Waals surface area contributed by atoms with Crippen LogP contribution in [0.3, 0.4) is 0 Å². The van der Waals surface area contributed by atoms with Gasteiger partial charge in [0, 0.05) is 41.3 Å². The van der Waals surface area contributed by atoms with E-state index in [2.05, 4.69) is 44.5 Å². The van der Waals surface area contributed by atoms with Gasteiger partial charge in [0.25, 0.3) is 0 Å². The van der Waals surface area contributed by atoms with E-state index in [1.165, 1.54) is 16.5 Å². The number of hydrogen-bond donors (Lipinski definition) is 1. The van der Waals surface area contributed by atoms with Crippen LogP contribution in [0, 0.1) is 0 Å². The summed E-state index contributed by atoms with van der Waals surface area (Å²) in [6.45, 7) is 2.46. The molecule has 0 spiro atoms. The highest BCUT2D eigenvalue weighted by Gasteiger charge is 2.18. The van der Waals surface area contributed by atoms with Gasteiger partial charge in [-0.15, -0.1) is 10.2 Å². The van der Waals surface area contributed by atoms with Crippen molar-refractivity contribution in [1.29, 1.82) is 0 Å². The number of aromatic nitrogens is 3. The predicted octanol–water partition coefficient (Wildman–Crippen LogP) is 4.52. The average molecular weight is 386 g/mol. The summed E-state index contributed by atoms with van der Waals surface area (Å²) < 4.78 is 11.2. The molecule has 29 heavy (non-hydrogen) atoms. The van der Waals surface area contributed by atoms with Gasteiger partial charge in [0.05, 0.1) is 13.7 Å². The Morgan fingerprint density at radius 2 is 2.03 bits per heavy atom. The Morgan fingerprint density at radius 3 is 2.83 bits per heavy atom. The van der Waals surface area contributed by atoms with E-state index in [-0.39, 0.29) is 0 Å². The fraction of sp³-hybridized carbons (Fsp3) is 0.217. The topological polar surface area (TPSA) is 67.2 Å². The molecule has 0 fully saturated rings. The molecular weight excluding hydrogens is 364 g/mol. The molecule has 2 aromatic heterocycles. The van der Waals surface area contributed by atoms with E-state index in [9.17, 15) is 0 Å². The van der Waals surface area contributed by atoms with Gasteiger partial charge in [0.15, 0.2) is 0 Å². The summed E-state index contributed by atoms with van der Waals surface area (Å²) in [7, 11) is 1.70. The molecule has 0 bridgehead atoms. The lowest BCUT2D eigenvalue weighted by atomic mass is 9.99. The Bertz CT molecular complexity index is 1160. The Morgan fingerprint density at radius 1 is 1.14 bits per heavy atom. The van der Waals surface area contributed by atoms with Gasteiger partial charge < -0.3 is 14.1 Å². The Labute approximate surface area is 168 Å². The van der Waals surface area contributed by atoms with Gasteiger partial charge in [0.2, 0.25) is 11.8 Å². The number of rotatable bonds is 5. The van der Waals surface area contributed by atoms with Gasteiger partial charge in [-0.25, -0.2) is 0 Å². The summed E-state index contributed by atoms with van der Waals surface area (Å²) in [4.78, 5) is 5.68. The molecule has 3 heterocycles. The molecule has 0 aliphatic carbocycles. The number of ether oxygens (including phenoxy) is 1. The fourth-order valence-corrected chi connectivity index (χ4v) is 3.80. The maximum absolute atomic E-state index is 5.85. The molecule has 5 rings (SSSR count). The second-order valence-electron chi connectivity index (χ2n) is 7.20. The van der Waals surface area contributed by atoms with Crippen molar-refractivity contribution in [2.24, 2.45) is 0 Å². The Balaban J connectivity index is 1.30. The molecule has 0 saturated heterocycles. The zero-order valence-electron chi connectivity index (χ0n) is 16.3. The second-order valence-corrected chi connectivity index (χ2v) is 7.20. The largest absolute Gasteiger partial charge is 0.497 e. The summed E-state index contributed by atoms with van der Waals surface area (Å²) in [5.74, 6) is 2.10. The van der Waals surface area contributed by atoms with Crippen LogP contribution >= 0.6 is 0 Å². The molecule has 6 heteroatoms. The number of benzene rings is 2. The van der Waals surface area contributed by atoms with Gasteiger partial charge in [-0.3, -0.25) is 4.90 Å². The third-order valence-corrected chi connectivity index (χ3v) is 5.37. The highest BCUT2D eigenvalue weighted by atomic mass is 16.5. The summed E-state index contributed by atoms with van der Waals surface area (Å²) in [5.41, 5.74) is 4.68. The van der Waals surface area contributed by atoms with Gasteiger partial charge in [-0.2, -0.15) is 0 Å². The van der Waals surface area contributed by atoms with Crippen molar-refractivity contribution in [3.63, 3.8) is 0 Å². The lowest BCUT2D eigenvalue weighted by molar-refractivity contribution is 0.263. The van der Waals surface area contributed by atoms with Crippen molar-refractivity contribution in [3.8, 4) is 17.2 Å². The molecule has 1 aliphatic heterocycles. The number of hydrogen-bond acceptors (Lipinski definition) is 5. The molecule has 1 aliphatic rings. The second kappa shape index (κ2) is 7.56. The first-order valence-corrected chi connectivity index (χ1v) is 9.75. The number of methoxy groups -OCH3 is 1. The van der Waals surface area contributed by atoms with Crippen molar-refractivity contribution >= 4 is 16.5 Å². The third kappa shape index (κ3) is 3.54. The van der Waals surface area contributed by atoms with E-state index in [0.29, 0.717) is 18.3 Å². The summed E-state index contributed by atoms with van der Waals surface area (Å²) in [6.07, 6.45) is 5.36. The van der Waals surface area contributed by atoms with Crippen LogP contribution in [0.5, 0.6) is 5.75 Å². The molecule has 0 unspecified atom stereocenters. The lowest BCUT2D eigenvalue weighted by Gasteiger charge is -2.24. The van der Waals surface area contributed by atoms with E-state index in [1.807, 2.05) is 36.4 Å². The van der Waals surface area contributed by atoms with E-state index in [0.717, 1.165) is 36.3 Å². The summed E-state index contributed by atoms with van der Waals surface area (Å²) >= 11 is 0. The zero-order chi connectivity index (χ0) is 19.6. The van der Waals surface area contributed by atoms with Gasteiger partial charge in [-0.05, 0) is 42.3 Å². The van der Waals surface area contributed by atoms with Crippen LogP contribution in [-0.4, -0.2) is 40.3 Å². The number of fused-ring (bicyclic) bond motifs is 1.